The van der Waals surface area contributed by atoms with E-state index < -0.39 is 11.8 Å². The van der Waals surface area contributed by atoms with E-state index >= 15 is 0 Å². The minimum absolute atomic E-state index is 0.168. The molecule has 0 aliphatic rings. The molecule has 0 aliphatic heterocycles. The van der Waals surface area contributed by atoms with Crippen LogP contribution < -0.4 is 10.9 Å². The van der Waals surface area contributed by atoms with Gasteiger partial charge in [0.1, 0.15) is 9.88 Å². The lowest BCUT2D eigenvalue weighted by Crippen LogP contribution is -2.41. The largest absolute Gasteiger partial charge is 0.459 e. The average Bonchev–Trinajstić information content (AvgIpc) is 3.19. The predicted molar refractivity (Wildman–Crippen MR) is 90.7 cm³/mol. The lowest BCUT2D eigenvalue weighted by Gasteiger charge is -2.05. The van der Waals surface area contributed by atoms with Crippen LogP contribution in [0, 0.1) is 13.8 Å². The fourth-order valence-corrected chi connectivity index (χ4v) is 3.11. The Bertz CT molecular complexity index is 884. The zero-order valence-corrected chi connectivity index (χ0v) is 13.9. The number of hydrazine groups is 1. The van der Waals surface area contributed by atoms with Gasteiger partial charge in [-0.05, 0) is 19.9 Å². The molecule has 0 saturated carbocycles. The van der Waals surface area contributed by atoms with Crippen LogP contribution in [-0.2, 0) is 0 Å². The van der Waals surface area contributed by atoms with E-state index in [0.29, 0.717) is 16.1 Å². The number of rotatable bonds is 3. The van der Waals surface area contributed by atoms with Crippen molar-refractivity contribution in [3.05, 3.63) is 64.6 Å². The van der Waals surface area contributed by atoms with Gasteiger partial charge in [0.2, 0.25) is 0 Å². The molecule has 122 valence electrons. The second-order valence-corrected chi connectivity index (χ2v) is 6.14. The molecule has 3 rings (SSSR count). The van der Waals surface area contributed by atoms with Crippen molar-refractivity contribution in [2.24, 2.45) is 0 Å². The molecule has 0 saturated heterocycles. The molecule has 2 amide bonds. The molecule has 0 atom stereocenters. The summed E-state index contributed by atoms with van der Waals surface area (Å²) in [6, 6.07) is 11.3. The monoisotopic (exact) mass is 341 g/mol. The maximum Gasteiger partial charge on any atom is 0.305 e. The number of benzene rings is 1. The molecule has 2 N–H and O–H groups in total. The van der Waals surface area contributed by atoms with Gasteiger partial charge in [-0.1, -0.05) is 30.3 Å². The molecule has 0 unspecified atom stereocenters. The summed E-state index contributed by atoms with van der Waals surface area (Å²) in [5.41, 5.74) is 6.99. The van der Waals surface area contributed by atoms with Crippen LogP contribution in [0.2, 0.25) is 0 Å². The van der Waals surface area contributed by atoms with Crippen LogP contribution in [0.3, 0.4) is 0 Å². The fourth-order valence-electron chi connectivity index (χ4n) is 2.14. The van der Waals surface area contributed by atoms with Crippen molar-refractivity contribution in [1.29, 1.82) is 0 Å². The third-order valence-corrected chi connectivity index (χ3v) is 4.59. The first-order chi connectivity index (χ1) is 11.6. The van der Waals surface area contributed by atoms with Gasteiger partial charge < -0.3 is 4.42 Å². The van der Waals surface area contributed by atoms with Gasteiger partial charge in [-0.25, -0.2) is 4.98 Å². The van der Waals surface area contributed by atoms with Gasteiger partial charge in [0.25, 0.3) is 5.91 Å². The molecule has 7 heteroatoms. The van der Waals surface area contributed by atoms with Crippen molar-refractivity contribution in [2.75, 3.05) is 0 Å². The number of thiazole rings is 1. The van der Waals surface area contributed by atoms with Crippen LogP contribution in [0.1, 0.15) is 31.5 Å². The van der Waals surface area contributed by atoms with E-state index in [1.807, 2.05) is 30.3 Å². The number of nitrogens with one attached hydrogen (secondary N) is 2. The van der Waals surface area contributed by atoms with Crippen molar-refractivity contribution in [3.63, 3.8) is 0 Å². The van der Waals surface area contributed by atoms with Crippen molar-refractivity contribution in [1.82, 2.24) is 15.8 Å². The first-order valence-electron chi connectivity index (χ1n) is 7.24. The Hall–Kier alpha value is -2.93. The molecular formula is C17H15N3O3S. The normalized spacial score (nSPS) is 10.4. The van der Waals surface area contributed by atoms with E-state index in [9.17, 15) is 9.59 Å². The second-order valence-electron chi connectivity index (χ2n) is 5.14. The van der Waals surface area contributed by atoms with Crippen LogP contribution in [-0.4, -0.2) is 16.8 Å². The highest BCUT2D eigenvalue weighted by atomic mass is 32.1. The molecule has 3 aromatic rings. The van der Waals surface area contributed by atoms with Crippen LogP contribution in [0.15, 0.2) is 47.1 Å². The summed E-state index contributed by atoms with van der Waals surface area (Å²) in [5, 5.41) is 0.756. The zero-order chi connectivity index (χ0) is 17.1. The highest BCUT2D eigenvalue weighted by Crippen LogP contribution is 2.27. The Balaban J connectivity index is 1.71. The van der Waals surface area contributed by atoms with Gasteiger partial charge in [0.05, 0.1) is 12.0 Å². The van der Waals surface area contributed by atoms with Gasteiger partial charge in [0.15, 0.2) is 5.76 Å². The maximum atomic E-state index is 12.3. The van der Waals surface area contributed by atoms with Crippen molar-refractivity contribution >= 4 is 23.2 Å². The molecule has 24 heavy (non-hydrogen) atoms. The van der Waals surface area contributed by atoms with Crippen LogP contribution >= 0.6 is 11.3 Å². The molecular weight excluding hydrogens is 326 g/mol. The Morgan fingerprint density at radius 1 is 1.04 bits per heavy atom. The lowest BCUT2D eigenvalue weighted by molar-refractivity contribution is 0.0831. The number of hydrogen-bond donors (Lipinski definition) is 2. The summed E-state index contributed by atoms with van der Waals surface area (Å²) < 4.78 is 5.08. The fraction of sp³-hybridized carbons (Fsp3) is 0.118. The first kappa shape index (κ1) is 15.9. The zero-order valence-electron chi connectivity index (χ0n) is 13.1. The molecule has 6 nitrogen and oxygen atoms in total. The number of aromatic nitrogens is 1. The van der Waals surface area contributed by atoms with E-state index in [1.54, 1.807) is 19.9 Å². The Morgan fingerprint density at radius 2 is 1.75 bits per heavy atom. The smallest absolute Gasteiger partial charge is 0.305 e. The molecule has 0 fully saturated rings. The van der Waals surface area contributed by atoms with E-state index in [0.717, 1.165) is 10.6 Å². The lowest BCUT2D eigenvalue weighted by atomic mass is 10.2. The van der Waals surface area contributed by atoms with Crippen molar-refractivity contribution < 1.29 is 14.0 Å². The number of aryl methyl sites for hydroxylation is 2. The summed E-state index contributed by atoms with van der Waals surface area (Å²) in [4.78, 5) is 29.1. The summed E-state index contributed by atoms with van der Waals surface area (Å²) in [6.45, 7) is 3.51. The molecule has 0 bridgehead atoms. The summed E-state index contributed by atoms with van der Waals surface area (Å²) in [5.74, 6) is -0.748. The Kier molecular flexibility index (Phi) is 4.43. The second kappa shape index (κ2) is 6.67. The van der Waals surface area contributed by atoms with Gasteiger partial charge in [-0.2, -0.15) is 0 Å². The van der Waals surface area contributed by atoms with Crippen molar-refractivity contribution in [3.8, 4) is 10.6 Å². The van der Waals surface area contributed by atoms with Crippen molar-refractivity contribution in [2.45, 2.75) is 13.8 Å². The van der Waals surface area contributed by atoms with Gasteiger partial charge in [0, 0.05) is 11.1 Å². The minimum atomic E-state index is -0.503. The summed E-state index contributed by atoms with van der Waals surface area (Å²) in [7, 11) is 0. The maximum absolute atomic E-state index is 12.3. The standard InChI is InChI=1S/C17H15N3O3S/c1-10-8-9-23-13(10)15(21)19-20-16(22)14-11(2)18-17(24-14)12-6-4-3-5-7-12/h3-9H,1-2H3,(H,19,21)(H,20,22). The average molecular weight is 341 g/mol. The highest BCUT2D eigenvalue weighted by Gasteiger charge is 2.18. The summed E-state index contributed by atoms with van der Waals surface area (Å²) >= 11 is 1.28. The van der Waals surface area contributed by atoms with Crippen LogP contribution in [0.5, 0.6) is 0 Å². The van der Waals surface area contributed by atoms with E-state index in [2.05, 4.69) is 15.8 Å². The molecule has 2 aromatic heterocycles. The van der Waals surface area contributed by atoms with Crippen LogP contribution in [0.4, 0.5) is 0 Å². The van der Waals surface area contributed by atoms with Gasteiger partial charge in [-0.15, -0.1) is 11.3 Å². The summed E-state index contributed by atoms with van der Waals surface area (Å²) in [6.07, 6.45) is 1.42. The number of hydrogen-bond acceptors (Lipinski definition) is 5. The molecule has 1 aromatic carbocycles. The number of amides is 2. The van der Waals surface area contributed by atoms with Gasteiger partial charge in [-0.3, -0.25) is 20.4 Å². The number of furan rings is 1. The third-order valence-electron chi connectivity index (χ3n) is 3.38. The number of nitrogens with zero attached hydrogens (tertiary/aromatic N) is 1. The van der Waals surface area contributed by atoms with E-state index in [1.165, 1.54) is 17.6 Å². The number of carbonyl (C=O) groups is 2. The van der Waals surface area contributed by atoms with E-state index in [-0.39, 0.29) is 5.76 Å². The van der Waals surface area contributed by atoms with E-state index in [4.69, 9.17) is 4.42 Å². The third kappa shape index (κ3) is 3.21. The van der Waals surface area contributed by atoms with Gasteiger partial charge >= 0.3 is 5.91 Å². The number of carbonyl (C=O) groups excluding carboxylic acids is 2. The SMILES string of the molecule is Cc1ccoc1C(=O)NNC(=O)c1sc(-c2ccccc2)nc1C. The molecule has 0 aliphatic carbocycles. The quantitative estimate of drug-likeness (QED) is 0.717. The highest BCUT2D eigenvalue weighted by molar-refractivity contribution is 7.17. The Morgan fingerprint density at radius 3 is 2.42 bits per heavy atom. The Labute approximate surface area is 142 Å². The topological polar surface area (TPSA) is 84.2 Å². The molecule has 2 heterocycles. The molecule has 0 spiro atoms. The predicted octanol–water partition coefficient (Wildman–Crippen LogP) is 3.09. The minimum Gasteiger partial charge on any atom is -0.459 e. The molecule has 0 radical (unpaired) electrons. The first-order valence-corrected chi connectivity index (χ1v) is 8.05. The van der Waals surface area contributed by atoms with Crippen LogP contribution in [0.25, 0.3) is 10.6 Å².